The number of fused-ring (bicyclic) bond motifs is 3. The molecule has 3 heterocycles. The van der Waals surface area contributed by atoms with Gasteiger partial charge in [-0.15, -0.1) is 0 Å². The third-order valence-electron chi connectivity index (χ3n) is 12.3. The van der Waals surface area contributed by atoms with Crippen LogP contribution in [0.5, 0.6) is 5.75 Å². The molecule has 0 radical (unpaired) electrons. The van der Waals surface area contributed by atoms with Crippen molar-refractivity contribution < 1.29 is 39.2 Å². The van der Waals surface area contributed by atoms with Crippen molar-refractivity contribution >= 4 is 50.2 Å². The molecule has 14 heteroatoms. The predicted molar refractivity (Wildman–Crippen MR) is 252 cm³/mol. The Balaban J connectivity index is 1.48. The average Bonchev–Trinajstić information content (AvgIpc) is 3.86. The molecule has 8 rings (SSSR count). The maximum Gasteiger partial charge on any atom is 0.453 e. The Hall–Kier alpha value is -4.46. The van der Waals surface area contributed by atoms with Gasteiger partial charge in [0.25, 0.3) is 0 Å². The molecule has 0 spiro atoms. The minimum atomic E-state index is -4.10. The van der Waals surface area contributed by atoms with Crippen LogP contribution in [0, 0.1) is 13.8 Å². The molecule has 0 aliphatic carbocycles. The van der Waals surface area contributed by atoms with Crippen LogP contribution in [-0.4, -0.2) is 50.7 Å². The second kappa shape index (κ2) is 17.4. The Labute approximate surface area is 379 Å². The van der Waals surface area contributed by atoms with Crippen LogP contribution in [0.4, 0.5) is 0 Å². The summed E-state index contributed by atoms with van der Waals surface area (Å²) in [4.78, 5) is 0.335. The van der Waals surface area contributed by atoms with Crippen molar-refractivity contribution in [3.05, 3.63) is 137 Å². The summed E-state index contributed by atoms with van der Waals surface area (Å²) in [5.41, 5.74) is 4.53. The smallest absolute Gasteiger partial charge is 0.391 e. The van der Waals surface area contributed by atoms with E-state index in [4.69, 9.17) is 22.4 Å². The average molecular weight is 927 g/mol. The van der Waals surface area contributed by atoms with Crippen molar-refractivity contribution in [3.63, 3.8) is 0 Å². The van der Waals surface area contributed by atoms with Gasteiger partial charge in [-0.3, -0.25) is 0 Å². The summed E-state index contributed by atoms with van der Waals surface area (Å²) in [6, 6.07) is 30.1. The Morgan fingerprint density at radius 3 is 1.34 bits per heavy atom. The van der Waals surface area contributed by atoms with Crippen LogP contribution >= 0.6 is 8.24 Å². The molecule has 5 aromatic carbocycles. The number of para-hydroxylation sites is 1. The van der Waals surface area contributed by atoms with Gasteiger partial charge in [0, 0.05) is 21.9 Å². The summed E-state index contributed by atoms with van der Waals surface area (Å²) < 4.78 is 96.2. The number of sulfonamides is 2. The van der Waals surface area contributed by atoms with Crippen LogP contribution in [0.25, 0.3) is 21.9 Å². The lowest BCUT2D eigenvalue weighted by atomic mass is 9.83. The summed E-state index contributed by atoms with van der Waals surface area (Å²) in [6.45, 7) is 20.7. The van der Waals surface area contributed by atoms with E-state index in [0.717, 1.165) is 22.3 Å². The van der Waals surface area contributed by atoms with Crippen LogP contribution in [-0.2, 0) is 40.4 Å². The molecule has 0 bridgehead atoms. The first-order chi connectivity index (χ1) is 30.2. The van der Waals surface area contributed by atoms with Crippen molar-refractivity contribution in [3.8, 4) is 5.75 Å². The van der Waals surface area contributed by atoms with Gasteiger partial charge in [-0.2, -0.15) is 8.61 Å². The second-order valence-corrected chi connectivity index (χ2v) is 23.7. The maximum atomic E-state index is 14.8. The molecular weight excluding hydrogens is 868 g/mol. The highest BCUT2D eigenvalue weighted by atomic mass is 32.2. The van der Waals surface area contributed by atoms with Gasteiger partial charge >= 0.3 is 8.24 Å². The van der Waals surface area contributed by atoms with E-state index in [1.165, 1.54) is 8.61 Å². The number of aryl methyl sites for hydroxylation is 2. The highest BCUT2D eigenvalue weighted by Gasteiger charge is 2.47. The lowest BCUT2D eigenvalue weighted by Gasteiger charge is -2.29. The molecule has 1 aromatic heterocycles. The van der Waals surface area contributed by atoms with E-state index in [-0.39, 0.29) is 23.0 Å². The Morgan fingerprint density at radius 1 is 0.594 bits per heavy atom. The molecule has 6 aromatic rings. The first kappa shape index (κ1) is 46.1. The largest absolute Gasteiger partial charge is 0.453 e. The highest BCUT2D eigenvalue weighted by Crippen LogP contribution is 2.49. The van der Waals surface area contributed by atoms with Crippen molar-refractivity contribution in [2.75, 3.05) is 13.2 Å². The fraction of sp³-hybridized carbons (Fsp3) is 0.400. The van der Waals surface area contributed by atoms with Crippen LogP contribution in [0.2, 0.25) is 0 Å². The van der Waals surface area contributed by atoms with Crippen molar-refractivity contribution in [2.45, 2.75) is 127 Å². The number of hydrogen-bond donors (Lipinski definition) is 0. The number of ether oxygens (including phenoxy) is 2. The standard InChI is InChI=1S/C50H59N2O9PS2/c1-11-36-30-57-47(51(36)63(53,54)39-22-18-32(3)19-23-39)43-28-34(49(5,6)7)26-41-42-27-35(50(8,9)10)29-44(46(42)61-62(60-45(41)43)59-38-16-14-13-15-17-38)48-52(37(12-2)31-58-48)64(55,56)40-24-20-33(4)21-25-40/h13-29,36-37,47-48H,11-12,30-31H2,1-10H3/t36-,37-,47-,48-/m0/s1. The molecule has 0 N–H and O–H groups in total. The first-order valence-corrected chi connectivity index (χ1v) is 25.9. The zero-order valence-electron chi connectivity index (χ0n) is 38.3. The normalized spacial score (nSPS) is 20.3. The Kier molecular flexibility index (Phi) is 12.5. The van der Waals surface area contributed by atoms with Crippen LogP contribution < -0.4 is 4.52 Å². The van der Waals surface area contributed by atoms with E-state index in [1.54, 1.807) is 60.7 Å². The molecule has 0 amide bonds. The van der Waals surface area contributed by atoms with Gasteiger partial charge in [-0.1, -0.05) is 109 Å². The third kappa shape index (κ3) is 8.68. The number of nitrogens with zero attached hydrogens (tertiary/aromatic N) is 2. The van der Waals surface area contributed by atoms with Gasteiger partial charge in [0.15, 0.2) is 23.6 Å². The minimum Gasteiger partial charge on any atom is -0.391 e. The van der Waals surface area contributed by atoms with E-state index in [9.17, 15) is 16.8 Å². The number of hydrogen-bond acceptors (Lipinski definition) is 9. The number of rotatable bonds is 10. The number of benzene rings is 5. The van der Waals surface area contributed by atoms with E-state index in [1.807, 2.05) is 58.0 Å². The van der Waals surface area contributed by atoms with Gasteiger partial charge in [0.1, 0.15) is 5.75 Å². The van der Waals surface area contributed by atoms with Gasteiger partial charge in [-0.05, 0) is 109 Å². The van der Waals surface area contributed by atoms with E-state index < -0.39 is 63.7 Å². The highest BCUT2D eigenvalue weighted by molar-refractivity contribution is 7.89. The summed E-state index contributed by atoms with van der Waals surface area (Å²) in [5.74, 6) is 0.484. The molecule has 2 aliphatic rings. The minimum absolute atomic E-state index is 0.168. The third-order valence-corrected chi connectivity index (χ3v) is 17.1. The van der Waals surface area contributed by atoms with Crippen molar-refractivity contribution in [1.29, 1.82) is 0 Å². The first-order valence-electron chi connectivity index (χ1n) is 21.9. The van der Waals surface area contributed by atoms with E-state index in [0.29, 0.717) is 51.7 Å². The topological polar surface area (TPSA) is 129 Å². The van der Waals surface area contributed by atoms with Gasteiger partial charge in [0.05, 0.1) is 35.1 Å². The van der Waals surface area contributed by atoms with Crippen molar-refractivity contribution in [2.24, 2.45) is 0 Å². The SMILES string of the molecule is CC[C@H]1CO[C@@H](c2cc(C(C)(C)C)cc3c2op(Oc2ccccc2)oc2c([C@@H]4OC[C@H](CC)N4S(=O)(=O)c4ccc(C)cc4)cc(C(C)(C)C)cc23)N1S(=O)(=O)c1ccc(C)cc1. The van der Waals surface area contributed by atoms with Crippen LogP contribution in [0.1, 0.15) is 114 Å². The van der Waals surface area contributed by atoms with Crippen molar-refractivity contribution in [1.82, 2.24) is 8.61 Å². The van der Waals surface area contributed by atoms with Gasteiger partial charge < -0.3 is 22.4 Å². The molecule has 0 saturated carbocycles. The molecule has 0 unspecified atom stereocenters. The molecule has 64 heavy (non-hydrogen) atoms. The predicted octanol–water partition coefficient (Wildman–Crippen LogP) is 12.3. The Bertz CT molecular complexity index is 2760. The van der Waals surface area contributed by atoms with E-state index >= 15 is 0 Å². The molecule has 11 nitrogen and oxygen atoms in total. The second-order valence-electron chi connectivity index (χ2n) is 19.0. The van der Waals surface area contributed by atoms with E-state index in [2.05, 4.69) is 53.7 Å². The molecule has 2 fully saturated rings. The summed E-state index contributed by atoms with van der Waals surface area (Å²) in [5, 5.41) is 1.25. The quantitative estimate of drug-likeness (QED) is 0.132. The van der Waals surface area contributed by atoms with Gasteiger partial charge in [0.2, 0.25) is 20.0 Å². The lowest BCUT2D eigenvalue weighted by molar-refractivity contribution is 0.0683. The molecule has 2 aliphatic heterocycles. The molecule has 4 atom stereocenters. The zero-order valence-corrected chi connectivity index (χ0v) is 40.8. The molecule has 340 valence electrons. The fourth-order valence-electron chi connectivity index (χ4n) is 8.35. The van der Waals surface area contributed by atoms with Crippen LogP contribution in [0.3, 0.4) is 0 Å². The van der Waals surface area contributed by atoms with Crippen LogP contribution in [0.15, 0.2) is 121 Å². The maximum absolute atomic E-state index is 14.8. The molecular formula is C50H59N2O9PS2. The summed E-state index contributed by atoms with van der Waals surface area (Å²) in [6.07, 6.45) is -1.13. The summed E-state index contributed by atoms with van der Waals surface area (Å²) >= 11 is 0. The summed E-state index contributed by atoms with van der Waals surface area (Å²) in [7, 11) is -10.5. The zero-order chi connectivity index (χ0) is 45.9. The fourth-order valence-corrected chi connectivity index (χ4v) is 13.0. The van der Waals surface area contributed by atoms with Gasteiger partial charge in [-0.25, -0.2) is 16.8 Å². The monoisotopic (exact) mass is 926 g/mol. The molecule has 2 saturated heterocycles. The Morgan fingerprint density at radius 2 is 0.984 bits per heavy atom. The lowest BCUT2D eigenvalue weighted by Crippen LogP contribution is -2.38.